The Morgan fingerprint density at radius 1 is 1.50 bits per heavy atom. The third-order valence-electron chi connectivity index (χ3n) is 3.35. The summed E-state index contributed by atoms with van der Waals surface area (Å²) in [6.45, 7) is 4.53. The number of nitrogens with two attached hydrogens (primary N) is 1. The first kappa shape index (κ1) is 13.0. The molecule has 1 aromatic rings. The van der Waals surface area contributed by atoms with E-state index in [1.807, 2.05) is 0 Å². The number of hydrogen-bond acceptors (Lipinski definition) is 3. The van der Waals surface area contributed by atoms with Crippen LogP contribution in [0.4, 0.5) is 4.39 Å². The fourth-order valence-electron chi connectivity index (χ4n) is 2.69. The molecule has 0 saturated carbocycles. The van der Waals surface area contributed by atoms with Gasteiger partial charge in [0.15, 0.2) is 0 Å². The zero-order chi connectivity index (χ0) is 13.1. The maximum Gasteiger partial charge on any atom is 0.123 e. The van der Waals surface area contributed by atoms with Gasteiger partial charge in [0, 0.05) is 25.7 Å². The number of hydrogen-bond donors (Lipinski definition) is 1. The van der Waals surface area contributed by atoms with Gasteiger partial charge in [0.05, 0.1) is 11.6 Å². The topological polar surface area (TPSA) is 53.0 Å². The first-order valence-corrected chi connectivity index (χ1v) is 6.25. The number of nitrogens with zero attached hydrogens (tertiary/aromatic N) is 2. The minimum Gasteiger partial charge on any atom is -0.327 e. The summed E-state index contributed by atoms with van der Waals surface area (Å²) >= 11 is 0. The second-order valence-electron chi connectivity index (χ2n) is 5.21. The maximum absolute atomic E-state index is 13.2. The molecule has 2 N–H and O–H groups in total. The van der Waals surface area contributed by atoms with Crippen LogP contribution in [0.5, 0.6) is 0 Å². The molecule has 2 rings (SSSR count). The van der Waals surface area contributed by atoms with E-state index in [0.29, 0.717) is 18.0 Å². The first-order chi connectivity index (χ1) is 8.58. The lowest BCUT2D eigenvalue weighted by molar-refractivity contribution is 0.158. The molecule has 0 amide bonds. The van der Waals surface area contributed by atoms with Crippen molar-refractivity contribution in [2.75, 3.05) is 13.1 Å². The van der Waals surface area contributed by atoms with Crippen LogP contribution in [0.1, 0.15) is 24.5 Å². The first-order valence-electron chi connectivity index (χ1n) is 6.25. The molecule has 0 radical (unpaired) electrons. The largest absolute Gasteiger partial charge is 0.327 e. The second kappa shape index (κ2) is 5.47. The third kappa shape index (κ3) is 3.06. The van der Waals surface area contributed by atoms with Crippen molar-refractivity contribution >= 4 is 0 Å². The molecule has 18 heavy (non-hydrogen) atoms. The van der Waals surface area contributed by atoms with E-state index in [9.17, 15) is 4.39 Å². The van der Waals surface area contributed by atoms with E-state index in [2.05, 4.69) is 17.9 Å². The Hall–Kier alpha value is -1.44. The summed E-state index contributed by atoms with van der Waals surface area (Å²) in [5.41, 5.74) is 7.28. The van der Waals surface area contributed by atoms with Gasteiger partial charge in [0.25, 0.3) is 0 Å². The Bertz CT molecular complexity index is 457. The molecule has 0 spiro atoms. The predicted molar refractivity (Wildman–Crippen MR) is 68.1 cm³/mol. The summed E-state index contributed by atoms with van der Waals surface area (Å²) in [5.74, 6) is 0.256. The van der Waals surface area contributed by atoms with E-state index in [1.54, 1.807) is 0 Å². The monoisotopic (exact) mass is 247 g/mol. The van der Waals surface area contributed by atoms with Crippen molar-refractivity contribution in [1.82, 2.24) is 4.90 Å². The van der Waals surface area contributed by atoms with Crippen LogP contribution in [0.15, 0.2) is 18.2 Å². The predicted octanol–water partition coefficient (Wildman–Crippen LogP) is 1.87. The molecule has 0 aromatic heterocycles. The van der Waals surface area contributed by atoms with Crippen molar-refractivity contribution in [3.63, 3.8) is 0 Å². The molecule has 1 heterocycles. The summed E-state index contributed by atoms with van der Waals surface area (Å²) in [4.78, 5) is 2.20. The second-order valence-corrected chi connectivity index (χ2v) is 5.21. The molecular formula is C14H18FN3. The summed E-state index contributed by atoms with van der Waals surface area (Å²) in [5, 5.41) is 9.03. The van der Waals surface area contributed by atoms with Gasteiger partial charge in [0.2, 0.25) is 0 Å². The Kier molecular flexibility index (Phi) is 3.95. The highest BCUT2D eigenvalue weighted by molar-refractivity contribution is 5.37. The number of halogens is 1. The van der Waals surface area contributed by atoms with Crippen molar-refractivity contribution in [3.05, 3.63) is 35.1 Å². The van der Waals surface area contributed by atoms with E-state index < -0.39 is 0 Å². The molecule has 1 aromatic carbocycles. The highest BCUT2D eigenvalue weighted by atomic mass is 19.1. The van der Waals surface area contributed by atoms with E-state index in [1.165, 1.54) is 18.2 Å². The molecule has 4 heteroatoms. The number of nitriles is 1. The Labute approximate surface area is 107 Å². The highest BCUT2D eigenvalue weighted by Crippen LogP contribution is 2.19. The van der Waals surface area contributed by atoms with Crippen LogP contribution >= 0.6 is 0 Å². The average molecular weight is 247 g/mol. The van der Waals surface area contributed by atoms with E-state index in [4.69, 9.17) is 11.0 Å². The summed E-state index contributed by atoms with van der Waals surface area (Å²) in [6, 6.07) is 6.60. The summed E-state index contributed by atoms with van der Waals surface area (Å²) < 4.78 is 13.2. The molecule has 2 unspecified atom stereocenters. The van der Waals surface area contributed by atoms with Crippen LogP contribution in [-0.2, 0) is 6.54 Å². The van der Waals surface area contributed by atoms with Crippen LogP contribution in [0.25, 0.3) is 0 Å². The molecule has 1 aliphatic rings. The molecule has 1 saturated heterocycles. The minimum absolute atomic E-state index is 0.174. The molecule has 3 nitrogen and oxygen atoms in total. The molecule has 1 fully saturated rings. The van der Waals surface area contributed by atoms with Crippen molar-refractivity contribution in [3.8, 4) is 6.07 Å². The fraction of sp³-hybridized carbons (Fsp3) is 0.500. The van der Waals surface area contributed by atoms with E-state index >= 15 is 0 Å². The standard InChI is InChI=1S/C14H18FN3/c1-10-4-14(17)9-18(7-10)8-12-5-13(15)3-2-11(12)6-16/h2-3,5,10,14H,4,7-9,17H2,1H3. The van der Waals surface area contributed by atoms with Crippen LogP contribution in [-0.4, -0.2) is 24.0 Å². The lowest BCUT2D eigenvalue weighted by Crippen LogP contribution is -2.45. The van der Waals surface area contributed by atoms with Gasteiger partial charge in [-0.1, -0.05) is 6.92 Å². The van der Waals surface area contributed by atoms with E-state index in [0.717, 1.165) is 25.1 Å². The number of piperidine rings is 1. The van der Waals surface area contributed by atoms with Crippen LogP contribution in [0.3, 0.4) is 0 Å². The van der Waals surface area contributed by atoms with Crippen LogP contribution in [0, 0.1) is 23.1 Å². The summed E-state index contributed by atoms with van der Waals surface area (Å²) in [6.07, 6.45) is 1.03. The van der Waals surface area contributed by atoms with Gasteiger partial charge in [-0.3, -0.25) is 4.90 Å². The zero-order valence-corrected chi connectivity index (χ0v) is 10.6. The Morgan fingerprint density at radius 3 is 2.94 bits per heavy atom. The lowest BCUT2D eigenvalue weighted by atomic mass is 9.96. The van der Waals surface area contributed by atoms with Crippen molar-refractivity contribution in [1.29, 1.82) is 5.26 Å². The van der Waals surface area contributed by atoms with Gasteiger partial charge < -0.3 is 5.73 Å². The number of benzene rings is 1. The molecule has 2 atom stereocenters. The average Bonchev–Trinajstić information content (AvgIpc) is 2.27. The van der Waals surface area contributed by atoms with Gasteiger partial charge >= 0.3 is 0 Å². The van der Waals surface area contributed by atoms with Gasteiger partial charge in [-0.25, -0.2) is 4.39 Å². The number of rotatable bonds is 2. The molecular weight excluding hydrogens is 229 g/mol. The highest BCUT2D eigenvalue weighted by Gasteiger charge is 2.22. The Morgan fingerprint density at radius 2 is 2.28 bits per heavy atom. The molecule has 0 bridgehead atoms. The lowest BCUT2D eigenvalue weighted by Gasteiger charge is -2.34. The van der Waals surface area contributed by atoms with Gasteiger partial charge in [-0.2, -0.15) is 5.26 Å². The zero-order valence-electron chi connectivity index (χ0n) is 10.6. The molecule has 96 valence electrons. The number of likely N-dealkylation sites (tertiary alicyclic amines) is 1. The Balaban J connectivity index is 2.13. The molecule has 1 aliphatic heterocycles. The van der Waals surface area contributed by atoms with Crippen molar-refractivity contribution < 1.29 is 4.39 Å². The normalized spacial score (nSPS) is 24.8. The van der Waals surface area contributed by atoms with Crippen molar-refractivity contribution in [2.45, 2.75) is 25.9 Å². The minimum atomic E-state index is -0.293. The van der Waals surface area contributed by atoms with Gasteiger partial charge in [-0.05, 0) is 36.1 Å². The summed E-state index contributed by atoms with van der Waals surface area (Å²) in [7, 11) is 0. The van der Waals surface area contributed by atoms with Gasteiger partial charge in [0.1, 0.15) is 5.82 Å². The maximum atomic E-state index is 13.2. The van der Waals surface area contributed by atoms with Crippen LogP contribution in [0.2, 0.25) is 0 Å². The fourth-order valence-corrected chi connectivity index (χ4v) is 2.69. The van der Waals surface area contributed by atoms with Gasteiger partial charge in [-0.15, -0.1) is 0 Å². The molecule has 0 aliphatic carbocycles. The van der Waals surface area contributed by atoms with E-state index in [-0.39, 0.29) is 11.9 Å². The SMILES string of the molecule is CC1CC(N)CN(Cc2cc(F)ccc2C#N)C1. The van der Waals surface area contributed by atoms with Crippen LogP contribution < -0.4 is 5.73 Å². The quantitative estimate of drug-likeness (QED) is 0.868. The van der Waals surface area contributed by atoms with Crippen molar-refractivity contribution in [2.24, 2.45) is 11.7 Å². The third-order valence-corrected chi connectivity index (χ3v) is 3.35. The smallest absolute Gasteiger partial charge is 0.123 e.